The monoisotopic (exact) mass is 234 g/mol. The van der Waals surface area contributed by atoms with E-state index in [1.807, 2.05) is 13.8 Å². The molecule has 3 heteroatoms. The molecule has 2 rings (SSSR count). The number of carbonyl (C=O) groups is 1. The molecule has 17 heavy (non-hydrogen) atoms. The maximum atomic E-state index is 12.3. The van der Waals surface area contributed by atoms with Gasteiger partial charge in [0.25, 0.3) is 0 Å². The van der Waals surface area contributed by atoms with Crippen molar-refractivity contribution in [1.29, 1.82) is 5.26 Å². The highest BCUT2D eigenvalue weighted by Crippen LogP contribution is 2.48. The van der Waals surface area contributed by atoms with Crippen LogP contribution in [-0.2, 0) is 4.79 Å². The lowest BCUT2D eigenvalue weighted by molar-refractivity contribution is -0.128. The van der Waals surface area contributed by atoms with E-state index < -0.39 is 5.54 Å². The number of carbonyl (C=O) groups excluding carboxylic acids is 1. The average Bonchev–Trinajstić information content (AvgIpc) is 2.98. The average molecular weight is 234 g/mol. The normalized spacial score (nSPS) is 31.2. The Morgan fingerprint density at radius 3 is 2.47 bits per heavy atom. The van der Waals surface area contributed by atoms with Gasteiger partial charge in [-0.3, -0.25) is 4.79 Å². The maximum absolute atomic E-state index is 12.3. The zero-order valence-corrected chi connectivity index (χ0v) is 10.8. The van der Waals surface area contributed by atoms with Crippen molar-refractivity contribution in [2.24, 2.45) is 17.8 Å². The number of fused-ring (bicyclic) bond motifs is 2. The first-order valence-corrected chi connectivity index (χ1v) is 6.87. The van der Waals surface area contributed by atoms with E-state index in [0.717, 1.165) is 12.3 Å². The number of hydrogen-bond donors (Lipinski definition) is 1. The van der Waals surface area contributed by atoms with E-state index in [0.29, 0.717) is 18.8 Å². The molecule has 0 aromatic rings. The van der Waals surface area contributed by atoms with Crippen LogP contribution in [0.1, 0.15) is 52.4 Å². The fourth-order valence-electron chi connectivity index (χ4n) is 3.51. The topological polar surface area (TPSA) is 52.9 Å². The van der Waals surface area contributed by atoms with Gasteiger partial charge in [0.05, 0.1) is 6.07 Å². The highest BCUT2D eigenvalue weighted by Gasteiger charge is 2.44. The van der Waals surface area contributed by atoms with Gasteiger partial charge in [-0.1, -0.05) is 20.3 Å². The minimum Gasteiger partial charge on any atom is -0.338 e. The SMILES string of the molecule is CCC(C#N)(CC)NC(=O)C1CC2CCC1C2. The van der Waals surface area contributed by atoms with Crippen molar-refractivity contribution >= 4 is 5.91 Å². The second kappa shape index (κ2) is 4.68. The van der Waals surface area contributed by atoms with Crippen LogP contribution in [-0.4, -0.2) is 11.4 Å². The van der Waals surface area contributed by atoms with E-state index in [2.05, 4.69) is 11.4 Å². The van der Waals surface area contributed by atoms with E-state index in [9.17, 15) is 10.1 Å². The summed E-state index contributed by atoms with van der Waals surface area (Å²) in [6.45, 7) is 3.93. The van der Waals surface area contributed by atoms with Crippen LogP contribution < -0.4 is 5.32 Å². The van der Waals surface area contributed by atoms with Crippen LogP contribution in [0.15, 0.2) is 0 Å². The molecular formula is C14H22N2O. The minimum absolute atomic E-state index is 0.127. The molecule has 2 aliphatic rings. The second-order valence-corrected chi connectivity index (χ2v) is 5.67. The van der Waals surface area contributed by atoms with Crippen LogP contribution in [0.4, 0.5) is 0 Å². The van der Waals surface area contributed by atoms with Crippen molar-refractivity contribution < 1.29 is 4.79 Å². The van der Waals surface area contributed by atoms with Crippen molar-refractivity contribution in [3.8, 4) is 6.07 Å². The predicted molar refractivity (Wildman–Crippen MR) is 66.0 cm³/mol. The summed E-state index contributed by atoms with van der Waals surface area (Å²) in [6.07, 6.45) is 6.17. The number of nitrogens with zero attached hydrogens (tertiary/aromatic N) is 1. The van der Waals surface area contributed by atoms with Gasteiger partial charge in [0.2, 0.25) is 5.91 Å². The first-order valence-electron chi connectivity index (χ1n) is 6.87. The minimum atomic E-state index is -0.640. The molecule has 0 saturated heterocycles. The molecule has 0 aromatic heterocycles. The Balaban J connectivity index is 2.00. The lowest BCUT2D eigenvalue weighted by atomic mass is 9.86. The van der Waals surface area contributed by atoms with Gasteiger partial charge in [0.15, 0.2) is 0 Å². The highest BCUT2D eigenvalue weighted by atomic mass is 16.2. The van der Waals surface area contributed by atoms with Gasteiger partial charge >= 0.3 is 0 Å². The van der Waals surface area contributed by atoms with Crippen molar-refractivity contribution in [2.75, 3.05) is 0 Å². The molecule has 2 bridgehead atoms. The molecule has 3 nitrogen and oxygen atoms in total. The Kier molecular flexibility index (Phi) is 3.42. The van der Waals surface area contributed by atoms with E-state index >= 15 is 0 Å². The lowest BCUT2D eigenvalue weighted by Crippen LogP contribution is -2.49. The van der Waals surface area contributed by atoms with Crippen molar-refractivity contribution in [3.05, 3.63) is 0 Å². The Morgan fingerprint density at radius 1 is 1.35 bits per heavy atom. The van der Waals surface area contributed by atoms with Crippen molar-refractivity contribution in [1.82, 2.24) is 5.32 Å². The summed E-state index contributed by atoms with van der Waals surface area (Å²) in [6, 6.07) is 2.28. The summed E-state index contributed by atoms with van der Waals surface area (Å²) in [7, 11) is 0. The number of amides is 1. The van der Waals surface area contributed by atoms with Crippen LogP contribution in [0.3, 0.4) is 0 Å². The lowest BCUT2D eigenvalue weighted by Gasteiger charge is -2.29. The molecule has 2 saturated carbocycles. The van der Waals surface area contributed by atoms with Gasteiger partial charge in [0, 0.05) is 5.92 Å². The number of hydrogen-bond acceptors (Lipinski definition) is 2. The molecule has 0 spiro atoms. The van der Waals surface area contributed by atoms with Gasteiger partial charge in [-0.15, -0.1) is 0 Å². The molecular weight excluding hydrogens is 212 g/mol. The number of rotatable bonds is 4. The molecule has 0 heterocycles. The first kappa shape index (κ1) is 12.4. The predicted octanol–water partition coefficient (Wildman–Crippen LogP) is 2.62. The molecule has 3 unspecified atom stereocenters. The highest BCUT2D eigenvalue weighted by molar-refractivity contribution is 5.80. The summed E-state index contributed by atoms with van der Waals surface area (Å²) in [5, 5.41) is 12.2. The smallest absolute Gasteiger partial charge is 0.224 e. The molecule has 0 radical (unpaired) electrons. The second-order valence-electron chi connectivity index (χ2n) is 5.67. The van der Waals surface area contributed by atoms with Crippen LogP contribution in [0.25, 0.3) is 0 Å². The van der Waals surface area contributed by atoms with Crippen molar-refractivity contribution in [2.45, 2.75) is 57.9 Å². The Hall–Kier alpha value is -1.04. The largest absolute Gasteiger partial charge is 0.338 e. The summed E-state index contributed by atoms with van der Waals surface area (Å²) in [5.74, 6) is 1.67. The third-order valence-electron chi connectivity index (χ3n) is 4.86. The van der Waals surface area contributed by atoms with Gasteiger partial charge in [-0.25, -0.2) is 0 Å². The van der Waals surface area contributed by atoms with Gasteiger partial charge in [0.1, 0.15) is 5.54 Å². The zero-order valence-electron chi connectivity index (χ0n) is 10.8. The molecule has 0 aliphatic heterocycles. The van der Waals surface area contributed by atoms with Gasteiger partial charge in [-0.05, 0) is 43.9 Å². The van der Waals surface area contributed by atoms with Crippen LogP contribution >= 0.6 is 0 Å². The summed E-state index contributed by atoms with van der Waals surface area (Å²) in [5.41, 5.74) is -0.640. The first-order chi connectivity index (χ1) is 8.14. The van der Waals surface area contributed by atoms with E-state index in [1.54, 1.807) is 0 Å². The van der Waals surface area contributed by atoms with Crippen LogP contribution in [0.2, 0.25) is 0 Å². The molecule has 1 amide bonds. The Labute approximate surface area is 104 Å². The molecule has 2 fully saturated rings. The fourth-order valence-corrected chi connectivity index (χ4v) is 3.51. The van der Waals surface area contributed by atoms with E-state index in [-0.39, 0.29) is 11.8 Å². The van der Waals surface area contributed by atoms with Crippen LogP contribution in [0.5, 0.6) is 0 Å². The zero-order chi connectivity index (χ0) is 12.5. The molecule has 3 atom stereocenters. The summed E-state index contributed by atoms with van der Waals surface area (Å²) in [4.78, 5) is 12.3. The summed E-state index contributed by atoms with van der Waals surface area (Å²) < 4.78 is 0. The fraction of sp³-hybridized carbons (Fsp3) is 0.857. The third kappa shape index (κ3) is 2.18. The van der Waals surface area contributed by atoms with E-state index in [1.165, 1.54) is 19.3 Å². The summed E-state index contributed by atoms with van der Waals surface area (Å²) >= 11 is 0. The number of nitriles is 1. The van der Waals surface area contributed by atoms with Gasteiger partial charge < -0.3 is 5.32 Å². The standard InChI is InChI=1S/C14H22N2O/c1-3-14(4-2,9-15)16-13(17)12-8-10-5-6-11(12)7-10/h10-12H,3-8H2,1-2H3,(H,16,17). The number of nitrogens with one attached hydrogen (secondary N) is 1. The quantitative estimate of drug-likeness (QED) is 0.813. The Bertz CT molecular complexity index is 341. The molecule has 1 N–H and O–H groups in total. The molecule has 0 aromatic carbocycles. The molecule has 2 aliphatic carbocycles. The Morgan fingerprint density at radius 2 is 2.06 bits per heavy atom. The third-order valence-corrected chi connectivity index (χ3v) is 4.86. The van der Waals surface area contributed by atoms with Gasteiger partial charge in [-0.2, -0.15) is 5.26 Å². The maximum Gasteiger partial charge on any atom is 0.224 e. The van der Waals surface area contributed by atoms with Crippen LogP contribution in [0, 0.1) is 29.1 Å². The van der Waals surface area contributed by atoms with Crippen molar-refractivity contribution in [3.63, 3.8) is 0 Å². The van der Waals surface area contributed by atoms with E-state index in [4.69, 9.17) is 0 Å². The molecule has 94 valence electrons.